The average molecular weight is 425 g/mol. The zero-order valence-corrected chi connectivity index (χ0v) is 17.5. The van der Waals surface area contributed by atoms with Gasteiger partial charge < -0.3 is 10.1 Å². The molecule has 6 nitrogen and oxygen atoms in total. The lowest BCUT2D eigenvalue weighted by Crippen LogP contribution is -2.28. The summed E-state index contributed by atoms with van der Waals surface area (Å²) >= 11 is 0. The predicted octanol–water partition coefficient (Wildman–Crippen LogP) is 3.86. The lowest BCUT2D eigenvalue weighted by atomic mass is 10.2. The van der Waals surface area contributed by atoms with Crippen molar-refractivity contribution in [3.05, 3.63) is 90.0 Å². The van der Waals surface area contributed by atoms with Crippen LogP contribution < -0.4 is 14.8 Å². The van der Waals surface area contributed by atoms with Gasteiger partial charge >= 0.3 is 0 Å². The van der Waals surface area contributed by atoms with Crippen LogP contribution in [0.15, 0.2) is 83.8 Å². The number of aryl methyl sites for hydroxylation is 1. The minimum Gasteiger partial charge on any atom is -0.492 e. The number of hydrogen-bond acceptors (Lipinski definition) is 4. The van der Waals surface area contributed by atoms with Crippen LogP contribution in [0.4, 0.5) is 5.69 Å². The Hall–Kier alpha value is -3.32. The van der Waals surface area contributed by atoms with E-state index in [1.54, 1.807) is 42.5 Å². The van der Waals surface area contributed by atoms with Gasteiger partial charge in [0.05, 0.1) is 11.4 Å². The number of anilines is 1. The van der Waals surface area contributed by atoms with Gasteiger partial charge in [0, 0.05) is 11.3 Å². The smallest absolute Gasteiger partial charge is 0.261 e. The summed E-state index contributed by atoms with van der Waals surface area (Å²) < 4.78 is 32.8. The molecule has 3 aromatic carbocycles. The van der Waals surface area contributed by atoms with Gasteiger partial charge in [-0.1, -0.05) is 37.3 Å². The maximum atomic E-state index is 12.3. The van der Waals surface area contributed by atoms with Gasteiger partial charge in [-0.05, 0) is 60.5 Å². The molecule has 2 N–H and O–H groups in total. The fourth-order valence-electron chi connectivity index (χ4n) is 2.76. The molecule has 0 spiro atoms. The van der Waals surface area contributed by atoms with Crippen molar-refractivity contribution >= 4 is 21.6 Å². The first-order chi connectivity index (χ1) is 14.5. The highest BCUT2D eigenvalue weighted by atomic mass is 32.2. The van der Waals surface area contributed by atoms with Crippen LogP contribution in [0.5, 0.6) is 5.75 Å². The number of ether oxygens (including phenoxy) is 1. The zero-order valence-electron chi connectivity index (χ0n) is 16.7. The highest BCUT2D eigenvalue weighted by Gasteiger charge is 2.13. The van der Waals surface area contributed by atoms with Crippen molar-refractivity contribution in [2.75, 3.05) is 17.9 Å². The second kappa shape index (κ2) is 9.93. The second-order valence-corrected chi connectivity index (χ2v) is 8.28. The second-order valence-electron chi connectivity index (χ2n) is 6.60. The fraction of sp³-hybridized carbons (Fsp3) is 0.174. The summed E-state index contributed by atoms with van der Waals surface area (Å²) in [4.78, 5) is 12.4. The number of benzene rings is 3. The van der Waals surface area contributed by atoms with Gasteiger partial charge in [0.25, 0.3) is 15.9 Å². The van der Waals surface area contributed by atoms with Crippen molar-refractivity contribution in [3.63, 3.8) is 0 Å². The van der Waals surface area contributed by atoms with Crippen molar-refractivity contribution in [2.24, 2.45) is 0 Å². The van der Waals surface area contributed by atoms with E-state index < -0.39 is 10.0 Å². The molecule has 30 heavy (non-hydrogen) atoms. The summed E-state index contributed by atoms with van der Waals surface area (Å²) in [7, 11) is -3.66. The molecule has 0 radical (unpaired) electrons. The molecule has 0 aromatic heterocycles. The highest BCUT2D eigenvalue weighted by Crippen LogP contribution is 2.16. The van der Waals surface area contributed by atoms with Crippen LogP contribution in [0.2, 0.25) is 0 Å². The van der Waals surface area contributed by atoms with E-state index in [9.17, 15) is 13.2 Å². The third-order valence-corrected chi connectivity index (χ3v) is 5.84. The molecule has 0 aliphatic heterocycles. The third kappa shape index (κ3) is 5.84. The first-order valence-corrected chi connectivity index (χ1v) is 11.1. The standard InChI is InChI=1S/C23H24N2O4S/c1-2-18-8-14-21(15-9-18)29-17-16-24-23(26)19-10-12-20(13-11-19)25-30(27,28)22-6-4-3-5-7-22/h3-15,25H,2,16-17H2,1H3,(H,24,26). The molecule has 1 amide bonds. The van der Waals surface area contributed by atoms with Crippen molar-refractivity contribution in [1.29, 1.82) is 0 Å². The summed E-state index contributed by atoms with van der Waals surface area (Å²) in [5, 5.41) is 2.78. The summed E-state index contributed by atoms with van der Waals surface area (Å²) in [6, 6.07) is 22.2. The first-order valence-electron chi connectivity index (χ1n) is 9.66. The van der Waals surface area contributed by atoms with E-state index in [2.05, 4.69) is 17.0 Å². The van der Waals surface area contributed by atoms with Gasteiger partial charge in [-0.2, -0.15) is 0 Å². The number of rotatable bonds is 9. The van der Waals surface area contributed by atoms with Gasteiger partial charge in [-0.3, -0.25) is 9.52 Å². The van der Waals surface area contributed by atoms with Gasteiger partial charge in [0.15, 0.2) is 0 Å². The third-order valence-electron chi connectivity index (χ3n) is 4.44. The molecule has 0 heterocycles. The van der Waals surface area contributed by atoms with Crippen LogP contribution in [-0.4, -0.2) is 27.5 Å². The zero-order chi connectivity index (χ0) is 21.4. The maximum absolute atomic E-state index is 12.3. The number of carbonyl (C=O) groups is 1. The van der Waals surface area contributed by atoms with E-state index in [-0.39, 0.29) is 10.8 Å². The minimum absolute atomic E-state index is 0.177. The molecule has 0 fully saturated rings. The molecule has 3 rings (SSSR count). The van der Waals surface area contributed by atoms with Gasteiger partial charge in [0.2, 0.25) is 0 Å². The van der Waals surface area contributed by atoms with E-state index >= 15 is 0 Å². The largest absolute Gasteiger partial charge is 0.492 e. The summed E-state index contributed by atoms with van der Waals surface area (Å²) in [5.74, 6) is 0.508. The Balaban J connectivity index is 1.48. The van der Waals surface area contributed by atoms with E-state index in [0.717, 1.165) is 12.2 Å². The summed E-state index contributed by atoms with van der Waals surface area (Å²) in [6.45, 7) is 2.80. The number of sulfonamides is 1. The molecular formula is C23H24N2O4S. The number of nitrogens with one attached hydrogen (secondary N) is 2. The minimum atomic E-state index is -3.66. The monoisotopic (exact) mass is 424 g/mol. The molecule has 0 bridgehead atoms. The Labute approximate surface area is 177 Å². The molecule has 0 aliphatic rings. The molecule has 7 heteroatoms. The van der Waals surface area contributed by atoms with Crippen molar-refractivity contribution in [1.82, 2.24) is 5.32 Å². The predicted molar refractivity (Wildman–Crippen MR) is 117 cm³/mol. The number of amides is 1. The molecular weight excluding hydrogens is 400 g/mol. The molecule has 0 saturated heterocycles. The Morgan fingerprint density at radius 2 is 1.57 bits per heavy atom. The Kier molecular flexibility index (Phi) is 7.08. The van der Waals surface area contributed by atoms with Crippen LogP contribution in [0.25, 0.3) is 0 Å². The molecule has 0 unspecified atom stereocenters. The lowest BCUT2D eigenvalue weighted by molar-refractivity contribution is 0.0947. The normalized spacial score (nSPS) is 11.0. The SMILES string of the molecule is CCc1ccc(OCCNC(=O)c2ccc(NS(=O)(=O)c3ccccc3)cc2)cc1. The Morgan fingerprint density at radius 1 is 0.900 bits per heavy atom. The van der Waals surface area contributed by atoms with Crippen LogP contribution in [0.3, 0.4) is 0 Å². The van der Waals surface area contributed by atoms with E-state index in [1.165, 1.54) is 17.7 Å². The van der Waals surface area contributed by atoms with Crippen molar-refractivity contribution in [3.8, 4) is 5.75 Å². The maximum Gasteiger partial charge on any atom is 0.261 e. The van der Waals surface area contributed by atoms with Gasteiger partial charge in [-0.15, -0.1) is 0 Å². The average Bonchev–Trinajstić information content (AvgIpc) is 2.78. The van der Waals surface area contributed by atoms with Gasteiger partial charge in [-0.25, -0.2) is 8.42 Å². The number of hydrogen-bond donors (Lipinski definition) is 2. The van der Waals surface area contributed by atoms with Crippen LogP contribution in [0.1, 0.15) is 22.8 Å². The quantitative estimate of drug-likeness (QED) is 0.511. The molecule has 0 saturated carbocycles. The van der Waals surface area contributed by atoms with E-state index in [0.29, 0.717) is 24.4 Å². The van der Waals surface area contributed by atoms with Crippen molar-refractivity contribution in [2.45, 2.75) is 18.2 Å². The molecule has 156 valence electrons. The van der Waals surface area contributed by atoms with E-state index in [1.807, 2.05) is 24.3 Å². The number of carbonyl (C=O) groups excluding carboxylic acids is 1. The molecule has 0 atom stereocenters. The summed E-state index contributed by atoms with van der Waals surface area (Å²) in [5.41, 5.74) is 2.06. The molecule has 0 aliphatic carbocycles. The van der Waals surface area contributed by atoms with E-state index in [4.69, 9.17) is 4.74 Å². The Bertz CT molecular complexity index is 1060. The molecule has 3 aromatic rings. The topological polar surface area (TPSA) is 84.5 Å². The lowest BCUT2D eigenvalue weighted by Gasteiger charge is -2.10. The summed E-state index contributed by atoms with van der Waals surface area (Å²) in [6.07, 6.45) is 0.975. The Morgan fingerprint density at radius 3 is 2.20 bits per heavy atom. The van der Waals surface area contributed by atoms with Crippen LogP contribution in [0, 0.1) is 0 Å². The first kappa shape index (κ1) is 21.4. The highest BCUT2D eigenvalue weighted by molar-refractivity contribution is 7.92. The fourth-order valence-corrected chi connectivity index (χ4v) is 3.84. The van der Waals surface area contributed by atoms with Gasteiger partial charge in [0.1, 0.15) is 12.4 Å². The van der Waals surface area contributed by atoms with Crippen LogP contribution >= 0.6 is 0 Å². The van der Waals surface area contributed by atoms with Crippen LogP contribution in [-0.2, 0) is 16.4 Å². The van der Waals surface area contributed by atoms with Crippen molar-refractivity contribution < 1.29 is 17.9 Å².